The minimum atomic E-state index is -0.502. The van der Waals surface area contributed by atoms with Crippen LogP contribution in [0.3, 0.4) is 0 Å². The molecule has 0 saturated carbocycles. The summed E-state index contributed by atoms with van der Waals surface area (Å²) in [4.78, 5) is 16.6. The minimum Gasteiger partial charge on any atom is -0.329 e. The van der Waals surface area contributed by atoms with E-state index in [9.17, 15) is 10.1 Å². The van der Waals surface area contributed by atoms with Crippen molar-refractivity contribution in [2.24, 2.45) is 0 Å². The van der Waals surface area contributed by atoms with Crippen LogP contribution in [0.1, 0.15) is 0 Å². The molecule has 0 saturated heterocycles. The number of hydrogen-bond donors (Lipinski definition) is 2. The molecule has 0 radical (unpaired) electrons. The Balaban J connectivity index is 2.32. The highest BCUT2D eigenvalue weighted by Gasteiger charge is 2.16. The molecule has 0 atom stereocenters. The van der Waals surface area contributed by atoms with Crippen molar-refractivity contribution < 1.29 is 4.92 Å². The fourth-order valence-corrected chi connectivity index (χ4v) is 2.51. The number of hydrogen-bond acceptors (Lipinski definition) is 6. The predicted octanol–water partition coefficient (Wildman–Crippen LogP) is 2.65. The van der Waals surface area contributed by atoms with Gasteiger partial charge in [0.1, 0.15) is 5.82 Å². The van der Waals surface area contributed by atoms with Crippen LogP contribution < -0.4 is 10.5 Å². The van der Waals surface area contributed by atoms with E-state index in [0.717, 1.165) is 12.0 Å². The van der Waals surface area contributed by atoms with Crippen LogP contribution in [0.2, 0.25) is 0 Å². The van der Waals surface area contributed by atoms with Gasteiger partial charge in [0.05, 0.1) is 16.8 Å². The SMILES string of the molecule is CN(c1ccccc1)c1nc(=N)n(C=N)c2cc([N+](=O)[O-])ccc12. The van der Waals surface area contributed by atoms with Gasteiger partial charge in [-0.1, -0.05) is 18.2 Å². The number of rotatable bonds is 4. The Kier molecular flexibility index (Phi) is 3.78. The first kappa shape index (κ1) is 15.3. The number of nitrogens with zero attached hydrogens (tertiary/aromatic N) is 4. The van der Waals surface area contributed by atoms with Crippen molar-refractivity contribution in [1.82, 2.24) is 9.55 Å². The lowest BCUT2D eigenvalue weighted by Crippen LogP contribution is -2.26. The number of para-hydroxylation sites is 1. The Bertz CT molecular complexity index is 997. The van der Waals surface area contributed by atoms with E-state index in [4.69, 9.17) is 10.8 Å². The van der Waals surface area contributed by atoms with Gasteiger partial charge in [0.15, 0.2) is 0 Å². The Morgan fingerprint density at radius 3 is 2.58 bits per heavy atom. The standard InChI is InChI=1S/C16H14N6O2/c1-20(11-5-3-2-4-6-11)15-13-8-7-12(22(23)24)9-14(13)21(10-17)16(18)19-15/h2-10,17-18H,1H3. The Morgan fingerprint density at radius 1 is 1.25 bits per heavy atom. The molecule has 0 aliphatic rings. The van der Waals surface area contributed by atoms with Crippen molar-refractivity contribution in [2.75, 3.05) is 11.9 Å². The molecule has 3 aromatic rings. The van der Waals surface area contributed by atoms with Crippen LogP contribution in [0.25, 0.3) is 10.9 Å². The van der Waals surface area contributed by atoms with Gasteiger partial charge >= 0.3 is 0 Å². The van der Waals surface area contributed by atoms with E-state index >= 15 is 0 Å². The molecule has 2 N–H and O–H groups in total. The molecule has 120 valence electrons. The van der Waals surface area contributed by atoms with Gasteiger partial charge in [-0.05, 0) is 18.2 Å². The monoisotopic (exact) mass is 322 g/mol. The first-order chi connectivity index (χ1) is 11.5. The summed E-state index contributed by atoms with van der Waals surface area (Å²) in [5, 5.41) is 27.2. The van der Waals surface area contributed by atoms with Crippen molar-refractivity contribution in [2.45, 2.75) is 0 Å². The summed E-state index contributed by atoms with van der Waals surface area (Å²) >= 11 is 0. The average molecular weight is 322 g/mol. The summed E-state index contributed by atoms with van der Waals surface area (Å²) in [6.45, 7) is 0. The van der Waals surface area contributed by atoms with Crippen molar-refractivity contribution in [1.29, 1.82) is 10.8 Å². The van der Waals surface area contributed by atoms with Crippen molar-refractivity contribution in [3.8, 4) is 0 Å². The zero-order valence-electron chi connectivity index (χ0n) is 12.8. The van der Waals surface area contributed by atoms with E-state index in [2.05, 4.69) is 4.98 Å². The minimum absolute atomic E-state index is 0.1000. The molecule has 0 unspecified atom stereocenters. The van der Waals surface area contributed by atoms with Crippen molar-refractivity contribution in [3.05, 3.63) is 64.3 Å². The summed E-state index contributed by atoms with van der Waals surface area (Å²) in [7, 11) is 1.81. The molecule has 0 fully saturated rings. The third-order valence-electron chi connectivity index (χ3n) is 3.72. The molecule has 0 aliphatic carbocycles. The van der Waals surface area contributed by atoms with Crippen molar-refractivity contribution in [3.63, 3.8) is 0 Å². The number of benzene rings is 2. The van der Waals surface area contributed by atoms with Gasteiger partial charge in [-0.15, -0.1) is 0 Å². The van der Waals surface area contributed by atoms with Crippen LogP contribution in [0.15, 0.2) is 48.5 Å². The van der Waals surface area contributed by atoms with Gasteiger partial charge in [0.25, 0.3) is 5.69 Å². The number of non-ortho nitro benzene ring substituents is 1. The van der Waals surface area contributed by atoms with E-state index in [1.165, 1.54) is 16.7 Å². The fraction of sp³-hybridized carbons (Fsp3) is 0.0625. The van der Waals surface area contributed by atoms with E-state index in [0.29, 0.717) is 16.7 Å². The molecule has 2 aromatic carbocycles. The molecular weight excluding hydrogens is 308 g/mol. The second-order valence-corrected chi connectivity index (χ2v) is 5.11. The first-order valence-electron chi connectivity index (χ1n) is 7.07. The Morgan fingerprint density at radius 2 is 1.96 bits per heavy atom. The van der Waals surface area contributed by atoms with Gasteiger partial charge in [-0.3, -0.25) is 25.5 Å². The molecule has 1 aromatic heterocycles. The third-order valence-corrected chi connectivity index (χ3v) is 3.72. The highest BCUT2D eigenvalue weighted by molar-refractivity contribution is 5.95. The van der Waals surface area contributed by atoms with Gasteiger partial charge < -0.3 is 4.90 Å². The molecule has 0 amide bonds. The highest BCUT2D eigenvalue weighted by atomic mass is 16.6. The smallest absolute Gasteiger partial charge is 0.271 e. The van der Waals surface area contributed by atoms with Crippen molar-refractivity contribution >= 4 is 34.4 Å². The fourth-order valence-electron chi connectivity index (χ4n) is 2.51. The number of nitro benzene ring substituents is 1. The molecule has 0 bridgehead atoms. The van der Waals surface area contributed by atoms with E-state index < -0.39 is 4.92 Å². The summed E-state index contributed by atoms with van der Waals surface area (Å²) in [6, 6.07) is 13.8. The first-order valence-corrected chi connectivity index (χ1v) is 7.07. The predicted molar refractivity (Wildman–Crippen MR) is 90.9 cm³/mol. The topological polar surface area (TPSA) is 112 Å². The van der Waals surface area contributed by atoms with E-state index in [1.807, 2.05) is 37.4 Å². The lowest BCUT2D eigenvalue weighted by atomic mass is 10.2. The summed E-state index contributed by atoms with van der Waals surface area (Å²) in [5.74, 6) is 0.495. The average Bonchev–Trinajstić information content (AvgIpc) is 2.60. The maximum absolute atomic E-state index is 11.0. The normalized spacial score (nSPS) is 10.5. The molecule has 3 rings (SSSR count). The molecule has 0 spiro atoms. The number of nitro groups is 1. The second kappa shape index (κ2) is 5.92. The lowest BCUT2D eigenvalue weighted by molar-refractivity contribution is -0.384. The van der Waals surface area contributed by atoms with Crippen LogP contribution >= 0.6 is 0 Å². The van der Waals surface area contributed by atoms with Crippen LogP contribution in [0.4, 0.5) is 17.2 Å². The zero-order valence-corrected chi connectivity index (χ0v) is 12.8. The summed E-state index contributed by atoms with van der Waals surface area (Å²) in [5.41, 5.74) is 0.987. The maximum atomic E-state index is 11.0. The van der Waals surface area contributed by atoms with Crippen LogP contribution in [0, 0.1) is 20.9 Å². The van der Waals surface area contributed by atoms with Gasteiger partial charge in [-0.25, -0.2) is 0 Å². The number of nitrogens with one attached hydrogen (secondary N) is 2. The molecule has 0 aliphatic heterocycles. The number of anilines is 2. The van der Waals surface area contributed by atoms with Gasteiger partial charge in [0.2, 0.25) is 5.62 Å². The molecule has 1 heterocycles. The molecular formula is C16H14N6O2. The Labute approximate surface area is 136 Å². The summed E-state index contributed by atoms with van der Waals surface area (Å²) in [6.07, 6.45) is 0.924. The lowest BCUT2D eigenvalue weighted by Gasteiger charge is -2.21. The van der Waals surface area contributed by atoms with Gasteiger partial charge in [0, 0.05) is 30.3 Å². The largest absolute Gasteiger partial charge is 0.329 e. The quantitative estimate of drug-likeness (QED) is 0.333. The van der Waals surface area contributed by atoms with E-state index in [-0.39, 0.29) is 11.3 Å². The highest BCUT2D eigenvalue weighted by Crippen LogP contribution is 2.29. The van der Waals surface area contributed by atoms with Crippen LogP contribution in [-0.4, -0.2) is 27.9 Å². The zero-order chi connectivity index (χ0) is 17.3. The van der Waals surface area contributed by atoms with Gasteiger partial charge in [-0.2, -0.15) is 4.98 Å². The van der Waals surface area contributed by atoms with Crippen LogP contribution in [-0.2, 0) is 0 Å². The molecule has 24 heavy (non-hydrogen) atoms. The third kappa shape index (κ3) is 2.50. The number of aromatic nitrogens is 2. The Hall–Kier alpha value is -3.55. The molecule has 8 heteroatoms. The molecule has 8 nitrogen and oxygen atoms in total. The second-order valence-electron chi connectivity index (χ2n) is 5.11. The van der Waals surface area contributed by atoms with E-state index in [1.54, 1.807) is 11.0 Å². The maximum Gasteiger partial charge on any atom is 0.271 e. The van der Waals surface area contributed by atoms with Crippen LogP contribution in [0.5, 0.6) is 0 Å². The summed E-state index contributed by atoms with van der Waals surface area (Å²) < 4.78 is 1.20. The number of fused-ring (bicyclic) bond motifs is 1.